The van der Waals surface area contributed by atoms with Crippen LogP contribution in [0.3, 0.4) is 0 Å². The molecule has 5 rings (SSSR count). The highest BCUT2D eigenvalue weighted by Crippen LogP contribution is 2.61. The summed E-state index contributed by atoms with van der Waals surface area (Å²) in [6.07, 6.45) is 8.27. The Balaban J connectivity index is 1.40. The predicted molar refractivity (Wildman–Crippen MR) is 103 cm³/mol. The van der Waals surface area contributed by atoms with Crippen LogP contribution in [0, 0.1) is 23.2 Å². The number of carbonyl (C=O) groups excluding carboxylic acids is 2. The summed E-state index contributed by atoms with van der Waals surface area (Å²) in [4.78, 5) is 25.0. The highest BCUT2D eigenvalue weighted by atomic mass is 32.1. The molecule has 0 radical (unpaired) electrons. The van der Waals surface area contributed by atoms with E-state index in [-0.39, 0.29) is 24.4 Å². The number of rotatable bonds is 6. The van der Waals surface area contributed by atoms with E-state index in [1.54, 1.807) is 0 Å². The van der Waals surface area contributed by atoms with Crippen LogP contribution >= 0.6 is 11.3 Å². The van der Waals surface area contributed by atoms with E-state index in [0.717, 1.165) is 22.6 Å². The van der Waals surface area contributed by atoms with Gasteiger partial charge in [-0.1, -0.05) is 6.07 Å². The van der Waals surface area contributed by atoms with Gasteiger partial charge in [-0.15, -0.1) is 11.3 Å². The Labute approximate surface area is 159 Å². The molecular formula is C20H29N3O2S. The van der Waals surface area contributed by atoms with Crippen LogP contribution in [0.1, 0.15) is 62.8 Å². The van der Waals surface area contributed by atoms with E-state index in [0.29, 0.717) is 5.41 Å². The van der Waals surface area contributed by atoms with E-state index in [1.165, 1.54) is 49.9 Å². The fourth-order valence-electron chi connectivity index (χ4n) is 6.23. The molecule has 0 aromatic carbocycles. The quantitative estimate of drug-likeness (QED) is 0.710. The average Bonchev–Trinajstić information content (AvgIpc) is 3.06. The molecule has 0 spiro atoms. The molecule has 26 heavy (non-hydrogen) atoms. The van der Waals surface area contributed by atoms with Gasteiger partial charge in [0.2, 0.25) is 5.91 Å². The van der Waals surface area contributed by atoms with Gasteiger partial charge in [-0.05, 0) is 80.1 Å². The van der Waals surface area contributed by atoms with Gasteiger partial charge in [0, 0.05) is 10.9 Å². The van der Waals surface area contributed by atoms with Crippen molar-refractivity contribution in [2.75, 3.05) is 0 Å². The Kier molecular flexibility index (Phi) is 4.71. The molecule has 4 bridgehead atoms. The molecule has 0 aliphatic heterocycles. The summed E-state index contributed by atoms with van der Waals surface area (Å²) < 4.78 is 0. The van der Waals surface area contributed by atoms with Crippen molar-refractivity contribution in [2.24, 2.45) is 28.9 Å². The SMILES string of the molecule is C[C@@H](NC(=O)C[C@H](NC(N)=O)c1cccs1)C12CC3CC(CC(C3)C1)C2. The summed E-state index contributed by atoms with van der Waals surface area (Å²) in [5.74, 6) is 2.61. The monoisotopic (exact) mass is 375 g/mol. The molecular weight excluding hydrogens is 346 g/mol. The van der Waals surface area contributed by atoms with Crippen LogP contribution < -0.4 is 16.4 Å². The maximum Gasteiger partial charge on any atom is 0.312 e. The van der Waals surface area contributed by atoms with Crippen molar-refractivity contribution >= 4 is 23.3 Å². The Morgan fingerprint density at radius 1 is 1.19 bits per heavy atom. The molecule has 5 nitrogen and oxygen atoms in total. The fourth-order valence-corrected chi connectivity index (χ4v) is 7.01. The van der Waals surface area contributed by atoms with Crippen LogP contribution in [-0.2, 0) is 4.79 Å². The molecule has 4 saturated carbocycles. The minimum absolute atomic E-state index is 0.000366. The van der Waals surface area contributed by atoms with Crippen molar-refractivity contribution in [3.05, 3.63) is 22.4 Å². The molecule has 4 aliphatic carbocycles. The van der Waals surface area contributed by atoms with Gasteiger partial charge in [-0.25, -0.2) is 4.79 Å². The summed E-state index contributed by atoms with van der Waals surface area (Å²) in [5, 5.41) is 7.93. The molecule has 3 amide bonds. The lowest BCUT2D eigenvalue weighted by atomic mass is 9.48. The minimum atomic E-state index is -0.592. The van der Waals surface area contributed by atoms with Crippen LogP contribution in [0.25, 0.3) is 0 Å². The van der Waals surface area contributed by atoms with E-state index in [1.807, 2.05) is 17.5 Å². The number of amides is 3. The van der Waals surface area contributed by atoms with Crippen LogP contribution in [-0.4, -0.2) is 18.0 Å². The first-order valence-electron chi connectivity index (χ1n) is 9.82. The van der Waals surface area contributed by atoms with Gasteiger partial charge in [0.1, 0.15) is 0 Å². The van der Waals surface area contributed by atoms with Crippen molar-refractivity contribution < 1.29 is 9.59 Å². The van der Waals surface area contributed by atoms with Gasteiger partial charge < -0.3 is 16.4 Å². The number of primary amides is 1. The van der Waals surface area contributed by atoms with Gasteiger partial charge in [0.05, 0.1) is 12.5 Å². The first-order valence-corrected chi connectivity index (χ1v) is 10.7. The van der Waals surface area contributed by atoms with Crippen molar-refractivity contribution in [2.45, 2.75) is 64.0 Å². The van der Waals surface area contributed by atoms with Gasteiger partial charge >= 0.3 is 6.03 Å². The third-order valence-corrected chi connectivity index (χ3v) is 7.96. The average molecular weight is 376 g/mol. The van der Waals surface area contributed by atoms with Gasteiger partial charge in [-0.3, -0.25) is 4.79 Å². The molecule has 4 fully saturated rings. The topological polar surface area (TPSA) is 84.2 Å². The lowest BCUT2D eigenvalue weighted by Gasteiger charge is -2.59. The molecule has 4 aliphatic rings. The summed E-state index contributed by atoms with van der Waals surface area (Å²) in [6, 6.07) is 3.11. The maximum absolute atomic E-state index is 12.7. The van der Waals surface area contributed by atoms with E-state index in [2.05, 4.69) is 17.6 Å². The Morgan fingerprint density at radius 2 is 1.81 bits per heavy atom. The fraction of sp³-hybridized carbons (Fsp3) is 0.700. The summed E-state index contributed by atoms with van der Waals surface area (Å²) in [6.45, 7) is 2.19. The zero-order valence-electron chi connectivity index (χ0n) is 15.4. The number of thiophene rings is 1. The zero-order chi connectivity index (χ0) is 18.3. The van der Waals surface area contributed by atoms with Crippen LogP contribution in [0.15, 0.2) is 17.5 Å². The number of nitrogens with two attached hydrogens (primary N) is 1. The van der Waals surface area contributed by atoms with E-state index in [9.17, 15) is 9.59 Å². The molecule has 142 valence electrons. The third kappa shape index (κ3) is 3.48. The third-order valence-electron chi connectivity index (χ3n) is 6.97. The van der Waals surface area contributed by atoms with Crippen LogP contribution in [0.2, 0.25) is 0 Å². The lowest BCUT2D eigenvalue weighted by molar-refractivity contribution is -0.126. The van der Waals surface area contributed by atoms with Gasteiger partial charge in [0.25, 0.3) is 0 Å². The molecule has 2 atom stereocenters. The normalized spacial score (nSPS) is 34.3. The number of urea groups is 1. The van der Waals surface area contributed by atoms with E-state index >= 15 is 0 Å². The Bertz CT molecular complexity index is 637. The molecule has 1 aromatic rings. The van der Waals surface area contributed by atoms with Crippen LogP contribution in [0.5, 0.6) is 0 Å². The highest BCUT2D eigenvalue weighted by molar-refractivity contribution is 7.10. The second-order valence-electron chi connectivity index (χ2n) is 8.85. The van der Waals surface area contributed by atoms with Crippen molar-refractivity contribution in [3.8, 4) is 0 Å². The molecule has 1 aromatic heterocycles. The van der Waals surface area contributed by atoms with Crippen LogP contribution in [0.4, 0.5) is 4.79 Å². The van der Waals surface area contributed by atoms with Gasteiger partial charge in [-0.2, -0.15) is 0 Å². The lowest BCUT2D eigenvalue weighted by Crippen LogP contribution is -2.56. The molecule has 1 heterocycles. The maximum atomic E-state index is 12.7. The molecule has 6 heteroatoms. The largest absolute Gasteiger partial charge is 0.353 e. The van der Waals surface area contributed by atoms with Gasteiger partial charge in [0.15, 0.2) is 0 Å². The second-order valence-corrected chi connectivity index (χ2v) is 9.83. The number of carbonyl (C=O) groups is 2. The summed E-state index contributed by atoms with van der Waals surface area (Å²) >= 11 is 1.53. The predicted octanol–water partition coefficient (Wildman–Crippen LogP) is 3.57. The van der Waals surface area contributed by atoms with E-state index < -0.39 is 6.03 Å². The zero-order valence-corrected chi connectivity index (χ0v) is 16.2. The minimum Gasteiger partial charge on any atom is -0.353 e. The number of hydrogen-bond acceptors (Lipinski definition) is 3. The Hall–Kier alpha value is -1.56. The standard InChI is InChI=1S/C20H29N3O2S/c1-12(20-9-13-5-14(10-20)7-15(6-13)11-20)22-18(24)8-16(23-19(21)25)17-3-2-4-26-17/h2-4,12-16H,5-11H2,1H3,(H,22,24)(H3,21,23,25)/t12-,13?,14?,15?,16+,20?/m1/s1. The van der Waals surface area contributed by atoms with Crippen molar-refractivity contribution in [1.82, 2.24) is 10.6 Å². The second kappa shape index (κ2) is 6.87. The number of hydrogen-bond donors (Lipinski definition) is 3. The summed E-state index contributed by atoms with van der Waals surface area (Å²) in [5.41, 5.74) is 5.59. The molecule has 0 unspecified atom stereocenters. The summed E-state index contributed by atoms with van der Waals surface area (Å²) in [7, 11) is 0. The number of nitrogens with one attached hydrogen (secondary N) is 2. The Morgan fingerprint density at radius 3 is 2.31 bits per heavy atom. The van der Waals surface area contributed by atoms with Crippen molar-refractivity contribution in [3.63, 3.8) is 0 Å². The highest BCUT2D eigenvalue weighted by Gasteiger charge is 2.53. The van der Waals surface area contributed by atoms with E-state index in [4.69, 9.17) is 5.73 Å². The molecule has 0 saturated heterocycles. The smallest absolute Gasteiger partial charge is 0.312 e. The molecule has 4 N–H and O–H groups in total. The first-order chi connectivity index (χ1) is 12.4. The first kappa shape index (κ1) is 17.8. The van der Waals surface area contributed by atoms with Crippen molar-refractivity contribution in [1.29, 1.82) is 0 Å².